The number of anilines is 1. The van der Waals surface area contributed by atoms with Gasteiger partial charge in [0.2, 0.25) is 0 Å². The Labute approximate surface area is 228 Å². The number of halogens is 1. The molecule has 0 saturated carbocycles. The van der Waals surface area contributed by atoms with Gasteiger partial charge in [0.15, 0.2) is 0 Å². The first-order valence-corrected chi connectivity index (χ1v) is 14.0. The minimum absolute atomic E-state index is 0.0148. The molecule has 1 spiro atoms. The number of hydrogen-bond acceptors (Lipinski definition) is 4. The van der Waals surface area contributed by atoms with Crippen LogP contribution in [0.25, 0.3) is 0 Å². The van der Waals surface area contributed by atoms with Crippen molar-refractivity contribution in [3.8, 4) is 0 Å². The number of piperidine rings is 1. The number of aryl methyl sites for hydroxylation is 1. The molecule has 6 nitrogen and oxygen atoms in total. The van der Waals surface area contributed by atoms with E-state index in [2.05, 4.69) is 39.0 Å². The van der Waals surface area contributed by atoms with Crippen LogP contribution in [-0.2, 0) is 13.0 Å². The lowest BCUT2D eigenvalue weighted by Crippen LogP contribution is -2.42. The molecule has 0 unspecified atom stereocenters. The van der Waals surface area contributed by atoms with Crippen LogP contribution in [0.1, 0.15) is 69.1 Å². The zero-order chi connectivity index (χ0) is 25.9. The van der Waals surface area contributed by atoms with E-state index in [-0.39, 0.29) is 23.3 Å². The van der Waals surface area contributed by atoms with Crippen molar-refractivity contribution in [2.75, 3.05) is 31.1 Å². The van der Waals surface area contributed by atoms with Crippen molar-refractivity contribution < 1.29 is 9.59 Å². The fourth-order valence-electron chi connectivity index (χ4n) is 7.14. The van der Waals surface area contributed by atoms with E-state index in [0.29, 0.717) is 17.1 Å². The maximum absolute atomic E-state index is 13.6. The average Bonchev–Trinajstić information content (AvgIpc) is 3.65. The van der Waals surface area contributed by atoms with Crippen molar-refractivity contribution in [1.29, 1.82) is 0 Å². The highest BCUT2D eigenvalue weighted by Gasteiger charge is 2.43. The van der Waals surface area contributed by atoms with E-state index >= 15 is 0 Å². The third-order valence-corrected chi connectivity index (χ3v) is 9.62. The van der Waals surface area contributed by atoms with Crippen LogP contribution in [0.4, 0.5) is 5.69 Å². The number of fused-ring (bicyclic) bond motifs is 2. The molecule has 1 aromatic heterocycles. The number of nitrogens with zero attached hydrogens (tertiary/aromatic N) is 4. The first-order valence-electron chi connectivity index (χ1n) is 13.7. The predicted molar refractivity (Wildman–Crippen MR) is 147 cm³/mol. The van der Waals surface area contributed by atoms with Crippen LogP contribution in [0.3, 0.4) is 0 Å². The summed E-state index contributed by atoms with van der Waals surface area (Å²) in [4.78, 5) is 37.3. The van der Waals surface area contributed by atoms with Crippen molar-refractivity contribution >= 4 is 29.1 Å². The molecule has 7 heteroatoms. The molecule has 194 valence electrons. The summed E-state index contributed by atoms with van der Waals surface area (Å²) >= 11 is 6.35. The second-order valence-electron chi connectivity index (χ2n) is 11.3. The third-order valence-electron chi connectivity index (χ3n) is 9.31. The average molecular weight is 527 g/mol. The van der Waals surface area contributed by atoms with Gasteiger partial charge in [-0.15, -0.1) is 0 Å². The zero-order valence-corrected chi connectivity index (χ0v) is 22.2. The molecule has 2 aromatic carbocycles. The molecule has 1 aliphatic carbocycles. The van der Waals surface area contributed by atoms with Crippen LogP contribution in [0, 0.1) is 5.41 Å². The summed E-state index contributed by atoms with van der Waals surface area (Å²) < 4.78 is 0. The summed E-state index contributed by atoms with van der Waals surface area (Å²) in [5, 5.41) is 0.528. The van der Waals surface area contributed by atoms with Crippen LogP contribution in [0.2, 0.25) is 5.02 Å². The van der Waals surface area contributed by atoms with Crippen LogP contribution in [0.5, 0.6) is 0 Å². The largest absolute Gasteiger partial charge is 0.371 e. The number of amides is 2. The lowest BCUT2D eigenvalue weighted by atomic mass is 9.77. The van der Waals surface area contributed by atoms with E-state index in [4.69, 9.17) is 11.6 Å². The van der Waals surface area contributed by atoms with Crippen molar-refractivity contribution in [3.05, 3.63) is 93.8 Å². The van der Waals surface area contributed by atoms with E-state index in [9.17, 15) is 9.59 Å². The standard InChI is InChI=1S/C31H31ClN4O2/c32-26-3-1-2-23-19-36(30(38)28(23)26)27-7-5-21-18-22(4-6-25(21)27)29(37)35-17-12-31(20-35)10-15-34(16-11-31)24-8-13-33-14-9-24/h1-4,6,8-9,13-14,18,27H,5,7,10-12,15-17,19-20H2/t27-/m1/s1. The molecule has 3 aliphatic heterocycles. The van der Waals surface area contributed by atoms with Gasteiger partial charge < -0.3 is 14.7 Å². The van der Waals surface area contributed by atoms with Gasteiger partial charge in [0, 0.05) is 56.4 Å². The molecule has 2 saturated heterocycles. The Kier molecular flexibility index (Phi) is 5.69. The summed E-state index contributed by atoms with van der Waals surface area (Å²) in [5.41, 5.74) is 6.24. The van der Waals surface area contributed by atoms with Gasteiger partial charge in [0.1, 0.15) is 0 Å². The van der Waals surface area contributed by atoms with Gasteiger partial charge in [-0.25, -0.2) is 0 Å². The van der Waals surface area contributed by atoms with Crippen LogP contribution < -0.4 is 4.90 Å². The molecule has 0 bridgehead atoms. The topological polar surface area (TPSA) is 56.8 Å². The molecule has 0 radical (unpaired) electrons. The summed E-state index contributed by atoms with van der Waals surface area (Å²) in [6.45, 7) is 4.31. The molecular weight excluding hydrogens is 496 g/mol. The summed E-state index contributed by atoms with van der Waals surface area (Å²) in [7, 11) is 0. The van der Waals surface area contributed by atoms with Gasteiger partial charge >= 0.3 is 0 Å². The van der Waals surface area contributed by atoms with Crippen molar-refractivity contribution in [2.24, 2.45) is 5.41 Å². The minimum Gasteiger partial charge on any atom is -0.371 e. The first kappa shape index (κ1) is 23.7. The van der Waals surface area contributed by atoms with Crippen LogP contribution in [0.15, 0.2) is 60.9 Å². The summed E-state index contributed by atoms with van der Waals surface area (Å²) in [6.07, 6.45) is 8.77. The monoisotopic (exact) mass is 526 g/mol. The quantitative estimate of drug-likeness (QED) is 0.451. The van der Waals surface area contributed by atoms with Crippen molar-refractivity contribution in [2.45, 2.75) is 44.7 Å². The fraction of sp³-hybridized carbons (Fsp3) is 0.387. The Morgan fingerprint density at radius 3 is 2.55 bits per heavy atom. The van der Waals surface area contributed by atoms with E-state index in [1.807, 2.05) is 35.5 Å². The highest BCUT2D eigenvalue weighted by Crippen LogP contribution is 2.44. The molecule has 3 aromatic rings. The number of benzene rings is 2. The second-order valence-corrected chi connectivity index (χ2v) is 11.8. The normalized spacial score (nSPS) is 21.8. The highest BCUT2D eigenvalue weighted by atomic mass is 35.5. The Bertz CT molecular complexity index is 1420. The van der Waals surface area contributed by atoms with Crippen LogP contribution >= 0.6 is 11.6 Å². The molecule has 38 heavy (non-hydrogen) atoms. The maximum atomic E-state index is 13.6. The van der Waals surface area contributed by atoms with E-state index < -0.39 is 0 Å². The minimum atomic E-state index is 0.0148. The van der Waals surface area contributed by atoms with Crippen molar-refractivity contribution in [1.82, 2.24) is 14.8 Å². The molecule has 4 aliphatic rings. The molecule has 1 atom stereocenters. The number of hydrogen-bond donors (Lipinski definition) is 0. The number of aromatic nitrogens is 1. The molecule has 4 heterocycles. The number of likely N-dealkylation sites (tertiary alicyclic amines) is 1. The Balaban J connectivity index is 1.03. The van der Waals surface area contributed by atoms with Crippen molar-refractivity contribution in [3.63, 3.8) is 0 Å². The molecule has 0 N–H and O–H groups in total. The first-order chi connectivity index (χ1) is 18.5. The molecule has 7 rings (SSSR count). The zero-order valence-electron chi connectivity index (χ0n) is 21.4. The Morgan fingerprint density at radius 1 is 0.974 bits per heavy atom. The molecular formula is C31H31ClN4O2. The highest BCUT2D eigenvalue weighted by molar-refractivity contribution is 6.34. The third kappa shape index (κ3) is 3.89. The van der Waals surface area contributed by atoms with Gasteiger partial charge in [-0.1, -0.05) is 29.8 Å². The number of carbonyl (C=O) groups is 2. The van der Waals surface area contributed by atoms with Gasteiger partial charge in [-0.3, -0.25) is 14.6 Å². The summed E-state index contributed by atoms with van der Waals surface area (Å²) in [6, 6.07) is 16.0. The second kappa shape index (κ2) is 9.12. The van der Waals surface area contributed by atoms with Gasteiger partial charge in [-0.2, -0.15) is 0 Å². The lowest BCUT2D eigenvalue weighted by Gasteiger charge is -2.40. The lowest BCUT2D eigenvalue weighted by molar-refractivity contribution is 0.0700. The van der Waals surface area contributed by atoms with Gasteiger partial charge in [0.25, 0.3) is 11.8 Å². The maximum Gasteiger partial charge on any atom is 0.256 e. The smallest absolute Gasteiger partial charge is 0.256 e. The SMILES string of the molecule is O=C(c1ccc2c(c1)CC[C@H]2N1Cc2cccc(Cl)c2C1=O)N1CCC2(CCN(c3ccncc3)CC2)C1. The molecule has 2 fully saturated rings. The number of pyridine rings is 1. The Morgan fingerprint density at radius 2 is 1.76 bits per heavy atom. The number of carbonyl (C=O) groups excluding carboxylic acids is 2. The molecule has 2 amide bonds. The Hall–Kier alpha value is -3.38. The van der Waals surface area contributed by atoms with Gasteiger partial charge in [-0.05, 0) is 84.5 Å². The number of rotatable bonds is 3. The predicted octanol–water partition coefficient (Wildman–Crippen LogP) is 5.51. The van der Waals surface area contributed by atoms with E-state index in [1.165, 1.54) is 16.8 Å². The van der Waals surface area contributed by atoms with Gasteiger partial charge in [0.05, 0.1) is 16.6 Å². The van der Waals surface area contributed by atoms with E-state index in [1.54, 1.807) is 6.07 Å². The van der Waals surface area contributed by atoms with Crippen LogP contribution in [-0.4, -0.2) is 52.8 Å². The fourth-order valence-corrected chi connectivity index (χ4v) is 7.41. The summed E-state index contributed by atoms with van der Waals surface area (Å²) in [5.74, 6) is 0.155. The van der Waals surface area contributed by atoms with E-state index in [0.717, 1.165) is 69.4 Å².